The lowest BCUT2D eigenvalue weighted by molar-refractivity contribution is 0.0950. The summed E-state index contributed by atoms with van der Waals surface area (Å²) in [7, 11) is 0. The Labute approximate surface area is 120 Å². The molecule has 2 aromatic rings. The van der Waals surface area contributed by atoms with Crippen molar-refractivity contribution in [3.63, 3.8) is 0 Å². The van der Waals surface area contributed by atoms with Crippen LogP contribution in [0.1, 0.15) is 15.9 Å². The molecule has 20 heavy (non-hydrogen) atoms. The molecule has 0 aliphatic carbocycles. The van der Waals surface area contributed by atoms with E-state index in [4.69, 9.17) is 17.3 Å². The van der Waals surface area contributed by atoms with E-state index in [1.165, 1.54) is 18.2 Å². The molecule has 0 bridgehead atoms. The molecule has 6 heteroatoms. The number of phenolic OH excluding ortho intramolecular Hbond substituents is 1. The van der Waals surface area contributed by atoms with Crippen molar-refractivity contribution in [1.82, 2.24) is 5.32 Å². The van der Waals surface area contributed by atoms with E-state index in [0.29, 0.717) is 11.3 Å². The first-order valence-corrected chi connectivity index (χ1v) is 6.16. The quantitative estimate of drug-likeness (QED) is 0.602. The minimum atomic E-state index is -0.586. The number of amides is 1. The van der Waals surface area contributed by atoms with Crippen molar-refractivity contribution < 1.29 is 14.3 Å². The van der Waals surface area contributed by atoms with Crippen LogP contribution in [0.5, 0.6) is 5.75 Å². The SMILES string of the molecule is Nc1ccc(O)c(CNC(=O)c2ccc(F)c(Cl)c2)c1. The highest BCUT2D eigenvalue weighted by Crippen LogP contribution is 2.20. The van der Waals surface area contributed by atoms with Crippen molar-refractivity contribution >= 4 is 23.2 Å². The summed E-state index contributed by atoms with van der Waals surface area (Å²) in [5.74, 6) is -0.970. The van der Waals surface area contributed by atoms with Gasteiger partial charge in [0.25, 0.3) is 5.91 Å². The van der Waals surface area contributed by atoms with E-state index in [2.05, 4.69) is 5.32 Å². The molecule has 0 aliphatic rings. The summed E-state index contributed by atoms with van der Waals surface area (Å²) in [4.78, 5) is 11.9. The molecular formula is C14H12ClFN2O2. The van der Waals surface area contributed by atoms with Crippen molar-refractivity contribution in [3.8, 4) is 5.75 Å². The minimum Gasteiger partial charge on any atom is -0.508 e. The van der Waals surface area contributed by atoms with Crippen molar-refractivity contribution in [2.45, 2.75) is 6.54 Å². The highest BCUT2D eigenvalue weighted by atomic mass is 35.5. The van der Waals surface area contributed by atoms with Gasteiger partial charge in [-0.25, -0.2) is 4.39 Å². The van der Waals surface area contributed by atoms with E-state index in [1.807, 2.05) is 0 Å². The molecule has 0 atom stereocenters. The van der Waals surface area contributed by atoms with Crippen molar-refractivity contribution in [2.75, 3.05) is 5.73 Å². The van der Waals surface area contributed by atoms with Gasteiger partial charge in [0, 0.05) is 23.4 Å². The summed E-state index contributed by atoms with van der Waals surface area (Å²) < 4.78 is 13.0. The molecule has 0 unspecified atom stereocenters. The van der Waals surface area contributed by atoms with E-state index < -0.39 is 11.7 Å². The fourth-order valence-electron chi connectivity index (χ4n) is 1.66. The number of phenols is 1. The Balaban J connectivity index is 2.08. The number of benzene rings is 2. The molecule has 104 valence electrons. The second-order valence-corrected chi connectivity index (χ2v) is 4.61. The number of aromatic hydroxyl groups is 1. The summed E-state index contributed by atoms with van der Waals surface area (Å²) in [5.41, 5.74) is 6.81. The van der Waals surface area contributed by atoms with Crippen LogP contribution < -0.4 is 11.1 Å². The van der Waals surface area contributed by atoms with Crippen LogP contribution in [0.15, 0.2) is 36.4 Å². The summed E-state index contributed by atoms with van der Waals surface area (Å²) in [6.45, 7) is 0.102. The van der Waals surface area contributed by atoms with Gasteiger partial charge in [-0.15, -0.1) is 0 Å². The van der Waals surface area contributed by atoms with Crippen LogP contribution in [0, 0.1) is 5.82 Å². The van der Waals surface area contributed by atoms with Crippen LogP contribution in [0.4, 0.5) is 10.1 Å². The van der Waals surface area contributed by atoms with Crippen LogP contribution in [0.3, 0.4) is 0 Å². The average Bonchev–Trinajstić information content (AvgIpc) is 2.42. The molecule has 0 aliphatic heterocycles. The second-order valence-electron chi connectivity index (χ2n) is 4.20. The lowest BCUT2D eigenvalue weighted by atomic mass is 10.1. The lowest BCUT2D eigenvalue weighted by Crippen LogP contribution is -2.22. The fraction of sp³-hybridized carbons (Fsp3) is 0.0714. The first kappa shape index (κ1) is 14.1. The number of nitrogen functional groups attached to an aromatic ring is 1. The molecule has 2 rings (SSSR count). The number of nitrogens with one attached hydrogen (secondary N) is 1. The minimum absolute atomic E-state index is 0.0386. The number of hydrogen-bond donors (Lipinski definition) is 3. The number of hydrogen-bond acceptors (Lipinski definition) is 3. The van der Waals surface area contributed by atoms with Crippen molar-refractivity contribution in [1.29, 1.82) is 0 Å². The highest BCUT2D eigenvalue weighted by Gasteiger charge is 2.09. The molecule has 0 spiro atoms. The van der Waals surface area contributed by atoms with Gasteiger partial charge in [-0.2, -0.15) is 0 Å². The van der Waals surface area contributed by atoms with Crippen LogP contribution in [0.25, 0.3) is 0 Å². The predicted molar refractivity (Wildman–Crippen MR) is 75.1 cm³/mol. The number of anilines is 1. The summed E-state index contributed by atoms with van der Waals surface area (Å²) in [6.07, 6.45) is 0. The Kier molecular flexibility index (Phi) is 4.10. The lowest BCUT2D eigenvalue weighted by Gasteiger charge is -2.08. The van der Waals surface area contributed by atoms with E-state index in [0.717, 1.165) is 6.07 Å². The third kappa shape index (κ3) is 3.19. The summed E-state index contributed by atoms with van der Waals surface area (Å²) in [5, 5.41) is 12.1. The Morgan fingerprint density at radius 3 is 2.75 bits per heavy atom. The highest BCUT2D eigenvalue weighted by molar-refractivity contribution is 6.31. The fourth-order valence-corrected chi connectivity index (χ4v) is 1.84. The molecule has 0 radical (unpaired) electrons. The Morgan fingerprint density at radius 1 is 1.30 bits per heavy atom. The second kappa shape index (κ2) is 5.79. The monoisotopic (exact) mass is 294 g/mol. The molecule has 4 nitrogen and oxygen atoms in total. The molecule has 0 fully saturated rings. The van der Waals surface area contributed by atoms with Gasteiger partial charge in [-0.1, -0.05) is 11.6 Å². The maximum atomic E-state index is 13.0. The molecule has 0 heterocycles. The smallest absolute Gasteiger partial charge is 0.251 e. The normalized spacial score (nSPS) is 10.3. The van der Waals surface area contributed by atoms with Gasteiger partial charge in [0.2, 0.25) is 0 Å². The van der Waals surface area contributed by atoms with Crippen LogP contribution in [0.2, 0.25) is 5.02 Å². The number of nitrogens with two attached hydrogens (primary N) is 1. The van der Waals surface area contributed by atoms with Gasteiger partial charge in [-0.05, 0) is 36.4 Å². The maximum absolute atomic E-state index is 13.0. The zero-order chi connectivity index (χ0) is 14.7. The van der Waals surface area contributed by atoms with Crippen LogP contribution in [-0.2, 0) is 6.54 Å². The van der Waals surface area contributed by atoms with Gasteiger partial charge in [0.15, 0.2) is 0 Å². The standard InChI is InChI=1S/C14H12ClFN2O2/c15-11-6-8(1-3-12(11)16)14(20)18-7-9-5-10(17)2-4-13(9)19/h1-6,19H,7,17H2,(H,18,20). The molecular weight excluding hydrogens is 283 g/mol. The third-order valence-corrected chi connectivity index (χ3v) is 3.01. The van der Waals surface area contributed by atoms with Crippen LogP contribution >= 0.6 is 11.6 Å². The molecule has 4 N–H and O–H groups in total. The largest absolute Gasteiger partial charge is 0.508 e. The number of carbonyl (C=O) groups is 1. The first-order chi connectivity index (χ1) is 9.47. The number of carbonyl (C=O) groups excluding carboxylic acids is 1. The Hall–Kier alpha value is -2.27. The van der Waals surface area contributed by atoms with Gasteiger partial charge >= 0.3 is 0 Å². The van der Waals surface area contributed by atoms with Gasteiger partial charge in [0.05, 0.1) is 5.02 Å². The molecule has 0 saturated carbocycles. The molecule has 1 amide bonds. The Bertz CT molecular complexity index is 662. The Morgan fingerprint density at radius 2 is 2.05 bits per heavy atom. The van der Waals surface area contributed by atoms with E-state index in [-0.39, 0.29) is 22.9 Å². The molecule has 2 aromatic carbocycles. The summed E-state index contributed by atoms with van der Waals surface area (Å²) in [6, 6.07) is 8.26. The van der Waals surface area contributed by atoms with Gasteiger partial charge < -0.3 is 16.2 Å². The van der Waals surface area contributed by atoms with E-state index in [9.17, 15) is 14.3 Å². The third-order valence-electron chi connectivity index (χ3n) is 2.72. The van der Waals surface area contributed by atoms with E-state index in [1.54, 1.807) is 12.1 Å². The average molecular weight is 295 g/mol. The predicted octanol–water partition coefficient (Wildman–Crippen LogP) is 2.70. The maximum Gasteiger partial charge on any atom is 0.251 e. The topological polar surface area (TPSA) is 75.3 Å². The summed E-state index contributed by atoms with van der Waals surface area (Å²) >= 11 is 5.61. The number of halogens is 2. The van der Waals surface area contributed by atoms with Crippen molar-refractivity contribution in [2.24, 2.45) is 0 Å². The van der Waals surface area contributed by atoms with Gasteiger partial charge in [-0.3, -0.25) is 4.79 Å². The zero-order valence-electron chi connectivity index (χ0n) is 10.4. The zero-order valence-corrected chi connectivity index (χ0v) is 11.1. The van der Waals surface area contributed by atoms with E-state index >= 15 is 0 Å². The van der Waals surface area contributed by atoms with Gasteiger partial charge in [0.1, 0.15) is 11.6 Å². The molecule has 0 aromatic heterocycles. The molecule has 0 saturated heterocycles. The number of rotatable bonds is 3. The van der Waals surface area contributed by atoms with Crippen molar-refractivity contribution in [3.05, 3.63) is 58.4 Å². The first-order valence-electron chi connectivity index (χ1n) is 5.78. The van der Waals surface area contributed by atoms with Crippen LogP contribution in [-0.4, -0.2) is 11.0 Å².